The molecule has 8 atom stereocenters. The van der Waals surface area contributed by atoms with E-state index in [9.17, 15) is 43.2 Å². The minimum Gasteiger partial charge on any atom is -0.480 e. The lowest BCUT2D eigenvalue weighted by Gasteiger charge is -2.27. The molecule has 0 saturated heterocycles. The molecule has 28 N–H and O–H groups in total. The third-order valence-corrected chi connectivity index (χ3v) is 11.8. The van der Waals surface area contributed by atoms with Crippen LogP contribution >= 0.6 is 21.6 Å². The van der Waals surface area contributed by atoms with Crippen LogP contribution in [-0.2, 0) is 43.2 Å². The van der Waals surface area contributed by atoms with Crippen molar-refractivity contribution in [1.29, 1.82) is 0 Å². The van der Waals surface area contributed by atoms with Gasteiger partial charge in [-0.05, 0) is 65.2 Å². The fourth-order valence-electron chi connectivity index (χ4n) is 5.62. The minimum absolute atomic E-state index is 0.0157. The van der Waals surface area contributed by atoms with E-state index < -0.39 is 102 Å². The lowest BCUT2D eigenvalue weighted by molar-refractivity contribution is -0.138. The highest BCUT2D eigenvalue weighted by Gasteiger charge is 2.32. The third-order valence-electron chi connectivity index (χ3n) is 9.36. The summed E-state index contributed by atoms with van der Waals surface area (Å²) in [5.41, 5.74) is 54.9. The van der Waals surface area contributed by atoms with Crippen molar-refractivity contribution in [3.63, 3.8) is 0 Å². The largest absolute Gasteiger partial charge is 0.480 e. The van der Waals surface area contributed by atoms with Crippen LogP contribution in [0.15, 0.2) is 20.0 Å². The normalized spacial score (nSPS) is 14.0. The first-order valence-corrected chi connectivity index (χ1v) is 24.6. The van der Waals surface area contributed by atoms with Crippen molar-refractivity contribution in [2.45, 2.75) is 120 Å². The number of aliphatic carboxylic acids is 1. The maximum Gasteiger partial charge on any atom is 0.321 e. The van der Waals surface area contributed by atoms with E-state index in [0.29, 0.717) is 6.42 Å². The average molecular weight is 1050 g/mol. The number of nitrogens with zero attached hydrogens (tertiary/aromatic N) is 4. The number of carbonyl (C=O) groups is 9. The van der Waals surface area contributed by atoms with Gasteiger partial charge in [-0.25, -0.2) is 0 Å². The molecule has 0 bridgehead atoms. The van der Waals surface area contributed by atoms with Crippen molar-refractivity contribution in [1.82, 2.24) is 37.2 Å². The van der Waals surface area contributed by atoms with E-state index in [1.165, 1.54) is 13.8 Å². The van der Waals surface area contributed by atoms with Crippen molar-refractivity contribution < 1.29 is 48.3 Å². The van der Waals surface area contributed by atoms with Crippen molar-refractivity contribution in [2.75, 3.05) is 37.7 Å². The Bertz CT molecular complexity index is 1910. The highest BCUT2D eigenvalue weighted by Crippen LogP contribution is 2.23. The summed E-state index contributed by atoms with van der Waals surface area (Å²) in [6.07, 6.45) is 0.662. The molecule has 0 aliphatic rings. The van der Waals surface area contributed by atoms with Crippen LogP contribution in [0.5, 0.6) is 0 Å². The number of nitrogens with one attached hydrogen (secondary N) is 7. The zero-order valence-corrected chi connectivity index (χ0v) is 41.7. The smallest absolute Gasteiger partial charge is 0.321 e. The number of hydrogen-bond donors (Lipinski definition) is 18. The zero-order chi connectivity index (χ0) is 54.2. The maximum atomic E-state index is 14.1. The van der Waals surface area contributed by atoms with E-state index in [-0.39, 0.29) is 106 Å². The molecular weight excluding hydrogens is 975 g/mol. The van der Waals surface area contributed by atoms with Gasteiger partial charge >= 0.3 is 5.97 Å². The molecule has 8 amide bonds. The molecule has 0 unspecified atom stereocenters. The van der Waals surface area contributed by atoms with Gasteiger partial charge in [0.25, 0.3) is 0 Å². The quantitative estimate of drug-likeness (QED) is 0.0121. The number of aliphatic imine (C=N–C) groups is 4. The van der Waals surface area contributed by atoms with Gasteiger partial charge < -0.3 is 94.3 Å². The summed E-state index contributed by atoms with van der Waals surface area (Å²) in [4.78, 5) is 133. The molecule has 0 rings (SSSR count). The van der Waals surface area contributed by atoms with E-state index in [4.69, 9.17) is 62.4 Å². The van der Waals surface area contributed by atoms with Crippen LogP contribution in [0.2, 0.25) is 0 Å². The molecule has 0 aromatic rings. The lowest BCUT2D eigenvalue weighted by atomic mass is 10.0. The van der Waals surface area contributed by atoms with Crippen molar-refractivity contribution in [3.05, 3.63) is 0 Å². The van der Waals surface area contributed by atoms with Crippen LogP contribution in [0.3, 0.4) is 0 Å². The second-order valence-electron chi connectivity index (χ2n) is 15.7. The van der Waals surface area contributed by atoms with E-state index >= 15 is 0 Å². The van der Waals surface area contributed by atoms with Crippen LogP contribution in [0, 0.1) is 0 Å². The van der Waals surface area contributed by atoms with Gasteiger partial charge in [-0.3, -0.25) is 68.4 Å². The monoisotopic (exact) mass is 1050 g/mol. The maximum absolute atomic E-state index is 14.1. The van der Waals surface area contributed by atoms with Crippen molar-refractivity contribution >= 4 is 98.7 Å². The summed E-state index contributed by atoms with van der Waals surface area (Å²) in [6, 6.07) is -10.3. The molecule has 402 valence electrons. The number of hydrogen-bond acceptors (Lipinski definition) is 17. The van der Waals surface area contributed by atoms with E-state index in [0.717, 1.165) is 28.5 Å². The van der Waals surface area contributed by atoms with Gasteiger partial charge in [-0.15, -0.1) is 0 Å². The van der Waals surface area contributed by atoms with E-state index in [2.05, 4.69) is 57.2 Å². The Kier molecular flexibility index (Phi) is 31.9. The first-order chi connectivity index (χ1) is 33.2. The van der Waals surface area contributed by atoms with Crippen molar-refractivity contribution in [3.8, 4) is 0 Å². The fourth-order valence-corrected chi connectivity index (χ4v) is 7.90. The predicted molar refractivity (Wildman–Crippen MR) is 270 cm³/mol. The van der Waals surface area contributed by atoms with Gasteiger partial charge in [-0.2, -0.15) is 0 Å². The molecule has 31 nitrogen and oxygen atoms in total. The molecule has 71 heavy (non-hydrogen) atoms. The predicted octanol–water partition coefficient (Wildman–Crippen LogP) is -8.07. The second kappa shape index (κ2) is 35.3. The molecule has 0 aromatic heterocycles. The highest BCUT2D eigenvalue weighted by molar-refractivity contribution is 8.76. The van der Waals surface area contributed by atoms with Crippen molar-refractivity contribution in [2.24, 2.45) is 77.3 Å². The number of carboxylic acids is 1. The average Bonchev–Trinajstić information content (AvgIpc) is 3.27. The van der Waals surface area contributed by atoms with Crippen LogP contribution in [-0.4, -0.2) is 168 Å². The first kappa shape index (κ1) is 64.1. The van der Waals surface area contributed by atoms with E-state index in [1.807, 2.05) is 0 Å². The molecule has 0 spiro atoms. The standard InChI is InChI=1S/C38H73N21O10S2/c1-18(53-29(63)21(39)8-4-12-49-35(41)42)27(61)56-24(10-6-14-51-37(45)46)31(65)58-25(11-7-15-52-38(47)48)32(66)57-23(9-5-13-50-36(43)44)30(64)54-19(2)28(62)59-26(33(67)55-20(3)60)17-71-70-16-22(40)34(68)69/h18-19,21-26H,4-17,39-40H2,1-3H3,(H,53,63)(H,54,64)(H,56,61)(H,57,66)(H,58,65)(H,59,62)(H,68,69)(H4,41,42,49)(H4,43,44,50)(H4,45,46,51)(H4,47,48,52)(H,55,60,67)/t18-,19-,21-,22+,23-,24-,25-,26-/m1/s1. The highest BCUT2D eigenvalue weighted by atomic mass is 33.1. The molecular formula is C38H73N21O10S2. The summed E-state index contributed by atoms with van der Waals surface area (Å²) in [5, 5.41) is 26.3. The zero-order valence-electron chi connectivity index (χ0n) is 40.0. The van der Waals surface area contributed by atoms with E-state index in [1.54, 1.807) is 0 Å². The number of carbonyl (C=O) groups excluding carboxylic acids is 8. The van der Waals surface area contributed by atoms with Gasteiger partial charge in [-0.1, -0.05) is 21.6 Å². The summed E-state index contributed by atoms with van der Waals surface area (Å²) < 4.78 is 0. The van der Waals surface area contributed by atoms with Crippen LogP contribution in [0.4, 0.5) is 0 Å². The van der Waals surface area contributed by atoms with Gasteiger partial charge in [0.15, 0.2) is 23.8 Å². The number of carboxylic acid groups (broad SMARTS) is 1. The third kappa shape index (κ3) is 30.4. The molecule has 0 heterocycles. The molecule has 0 aromatic carbocycles. The van der Waals surface area contributed by atoms with Gasteiger partial charge in [0.1, 0.15) is 42.3 Å². The number of imide groups is 1. The Morgan fingerprint density at radius 2 is 0.761 bits per heavy atom. The Morgan fingerprint density at radius 3 is 1.13 bits per heavy atom. The fraction of sp³-hybridized carbons (Fsp3) is 0.658. The first-order valence-electron chi connectivity index (χ1n) is 22.1. The lowest BCUT2D eigenvalue weighted by Crippen LogP contribution is -2.59. The number of amides is 8. The van der Waals surface area contributed by atoms with Crippen LogP contribution in [0.25, 0.3) is 0 Å². The Morgan fingerprint density at radius 1 is 0.437 bits per heavy atom. The van der Waals surface area contributed by atoms with Gasteiger partial charge in [0.2, 0.25) is 47.3 Å². The summed E-state index contributed by atoms with van der Waals surface area (Å²) in [6.45, 7) is 4.03. The van der Waals surface area contributed by atoms with Crippen LogP contribution in [0.1, 0.15) is 72.1 Å². The molecule has 33 heteroatoms. The Hall–Kier alpha value is -6.87. The summed E-state index contributed by atoms with van der Waals surface area (Å²) in [5.74, 6) is -8.85. The number of nitrogens with two attached hydrogens (primary N) is 10. The molecule has 0 aliphatic heterocycles. The molecule has 0 fully saturated rings. The Balaban J connectivity index is 6.54. The van der Waals surface area contributed by atoms with Gasteiger partial charge in [0, 0.05) is 44.6 Å². The number of rotatable bonds is 35. The SMILES string of the molecule is CC(=O)NC(=O)[C@@H](CSSC[C@H](N)C(=O)O)NC(=O)[C@@H](C)NC(=O)[C@@H](CCCN=C(N)N)NC(=O)[C@@H](CCCN=C(N)N)NC(=O)[C@@H](CCCN=C(N)N)NC(=O)[C@@H](C)NC(=O)[C@H](N)CCCN=C(N)N. The topological polar surface area (TPSA) is 568 Å². The molecule has 0 radical (unpaired) electrons. The molecule has 0 aliphatic carbocycles. The summed E-state index contributed by atoms with van der Waals surface area (Å²) >= 11 is 0. The number of guanidine groups is 4. The second-order valence-corrected chi connectivity index (χ2v) is 18.2. The van der Waals surface area contributed by atoms with Crippen LogP contribution < -0.4 is 94.6 Å². The van der Waals surface area contributed by atoms with Gasteiger partial charge in [0.05, 0.1) is 6.04 Å². The summed E-state index contributed by atoms with van der Waals surface area (Å²) in [7, 11) is 2.01. The minimum atomic E-state index is -1.41. The molecule has 0 saturated carbocycles. The Labute approximate surface area is 418 Å².